The lowest BCUT2D eigenvalue weighted by Gasteiger charge is -2.17. The van der Waals surface area contributed by atoms with Crippen LogP contribution < -0.4 is 5.32 Å². The summed E-state index contributed by atoms with van der Waals surface area (Å²) in [5.41, 5.74) is 0.134. The van der Waals surface area contributed by atoms with Crippen molar-refractivity contribution in [2.24, 2.45) is 5.41 Å². The van der Waals surface area contributed by atoms with Crippen molar-refractivity contribution >= 4 is 5.78 Å². The highest BCUT2D eigenvalue weighted by Gasteiger charge is 2.15. The molecule has 86 valence electrons. The van der Waals surface area contributed by atoms with E-state index in [0.29, 0.717) is 24.7 Å². The molecule has 0 spiro atoms. The molecule has 0 aliphatic carbocycles. The largest absolute Gasteiger partial charge is 0.314 e. The topological polar surface area (TPSA) is 29.1 Å². The molecule has 0 bridgehead atoms. The van der Waals surface area contributed by atoms with Crippen LogP contribution in [0.2, 0.25) is 0 Å². The van der Waals surface area contributed by atoms with Crippen molar-refractivity contribution in [3.05, 3.63) is 0 Å². The quantitative estimate of drug-likeness (QED) is 0.741. The van der Waals surface area contributed by atoms with Gasteiger partial charge in [-0.1, -0.05) is 42.0 Å². The van der Waals surface area contributed by atoms with Crippen LogP contribution in [0.1, 0.15) is 54.9 Å². The van der Waals surface area contributed by atoms with Crippen LogP contribution in [0.5, 0.6) is 0 Å². The first-order valence-corrected chi connectivity index (χ1v) is 5.06. The minimum absolute atomic E-state index is 0. The van der Waals surface area contributed by atoms with Gasteiger partial charge in [0, 0.05) is 25.4 Å². The predicted molar refractivity (Wildman–Crippen MR) is 63.6 cm³/mol. The maximum atomic E-state index is 11.4. The summed E-state index contributed by atoms with van der Waals surface area (Å²) >= 11 is 0. The van der Waals surface area contributed by atoms with Crippen molar-refractivity contribution in [3.8, 4) is 0 Å². The summed E-state index contributed by atoms with van der Waals surface area (Å²) in [6, 6.07) is 0.474. The Labute approximate surface area is 89.5 Å². The molecule has 0 unspecified atom stereocenters. The lowest BCUT2D eigenvalue weighted by molar-refractivity contribution is -0.120. The van der Waals surface area contributed by atoms with Crippen molar-refractivity contribution in [2.45, 2.75) is 60.9 Å². The molecule has 0 atom stereocenters. The van der Waals surface area contributed by atoms with Crippen LogP contribution in [0.3, 0.4) is 0 Å². The Morgan fingerprint density at radius 1 is 1.29 bits per heavy atom. The van der Waals surface area contributed by atoms with Gasteiger partial charge in [0.2, 0.25) is 0 Å². The standard InChI is InChI=1S/C11H23NO.CH4/c1-9(2)12-7-6-10(13)8-11(3,4)5;/h9,12H,6-8H2,1-5H3;1H4. The molecular formula is C12H27NO. The zero-order chi connectivity index (χ0) is 10.5. The fourth-order valence-electron chi connectivity index (χ4n) is 1.18. The summed E-state index contributed by atoms with van der Waals surface area (Å²) in [4.78, 5) is 11.4. The van der Waals surface area contributed by atoms with Gasteiger partial charge in [0.25, 0.3) is 0 Å². The number of carbonyl (C=O) groups is 1. The Morgan fingerprint density at radius 2 is 1.79 bits per heavy atom. The van der Waals surface area contributed by atoms with Gasteiger partial charge in [-0.25, -0.2) is 0 Å². The normalized spacial score (nSPS) is 11.3. The molecule has 0 aromatic heterocycles. The van der Waals surface area contributed by atoms with Crippen LogP contribution in [0, 0.1) is 5.41 Å². The molecule has 0 radical (unpaired) electrons. The molecule has 2 nitrogen and oxygen atoms in total. The second-order valence-electron chi connectivity index (χ2n) is 5.13. The summed E-state index contributed by atoms with van der Waals surface area (Å²) < 4.78 is 0. The molecule has 0 saturated carbocycles. The fourth-order valence-corrected chi connectivity index (χ4v) is 1.18. The van der Waals surface area contributed by atoms with Gasteiger partial charge in [0.1, 0.15) is 5.78 Å². The molecule has 0 rings (SSSR count). The van der Waals surface area contributed by atoms with Gasteiger partial charge < -0.3 is 5.32 Å². The molecule has 0 fully saturated rings. The van der Waals surface area contributed by atoms with E-state index >= 15 is 0 Å². The van der Waals surface area contributed by atoms with Gasteiger partial charge in [-0.3, -0.25) is 4.79 Å². The van der Waals surface area contributed by atoms with E-state index in [-0.39, 0.29) is 12.8 Å². The molecule has 0 saturated heterocycles. The fraction of sp³-hybridized carbons (Fsp3) is 0.917. The van der Waals surface area contributed by atoms with E-state index in [1.165, 1.54) is 0 Å². The highest BCUT2D eigenvalue weighted by molar-refractivity contribution is 5.79. The van der Waals surface area contributed by atoms with E-state index in [4.69, 9.17) is 0 Å². The van der Waals surface area contributed by atoms with Gasteiger partial charge >= 0.3 is 0 Å². The number of nitrogens with one attached hydrogen (secondary N) is 1. The number of Topliss-reactive ketones (excluding diaryl/α,β-unsaturated/α-hetero) is 1. The Kier molecular flexibility index (Phi) is 8.03. The smallest absolute Gasteiger partial charge is 0.134 e. The first-order chi connectivity index (χ1) is 5.81. The number of hydrogen-bond acceptors (Lipinski definition) is 2. The van der Waals surface area contributed by atoms with Crippen molar-refractivity contribution in [1.29, 1.82) is 0 Å². The molecule has 0 aromatic carbocycles. The van der Waals surface area contributed by atoms with E-state index < -0.39 is 0 Å². The summed E-state index contributed by atoms with van der Waals surface area (Å²) in [6.07, 6.45) is 1.35. The van der Waals surface area contributed by atoms with E-state index in [0.717, 1.165) is 6.54 Å². The lowest BCUT2D eigenvalue weighted by atomic mass is 9.89. The molecule has 0 heterocycles. The zero-order valence-electron chi connectivity index (χ0n) is 9.61. The molecule has 0 aliphatic heterocycles. The van der Waals surface area contributed by atoms with Gasteiger partial charge in [-0.05, 0) is 5.41 Å². The van der Waals surface area contributed by atoms with Gasteiger partial charge in [0.15, 0.2) is 0 Å². The van der Waals surface area contributed by atoms with Crippen molar-refractivity contribution in [2.75, 3.05) is 6.54 Å². The highest BCUT2D eigenvalue weighted by Crippen LogP contribution is 2.19. The van der Waals surface area contributed by atoms with E-state index in [1.54, 1.807) is 0 Å². The predicted octanol–water partition coefficient (Wildman–Crippen LogP) is 3.02. The minimum Gasteiger partial charge on any atom is -0.314 e. The van der Waals surface area contributed by atoms with Gasteiger partial charge in [-0.15, -0.1) is 0 Å². The Bertz CT molecular complexity index is 156. The summed E-state index contributed by atoms with van der Waals surface area (Å²) in [5.74, 6) is 0.362. The number of carbonyl (C=O) groups excluding carboxylic acids is 1. The molecular weight excluding hydrogens is 174 g/mol. The Morgan fingerprint density at radius 3 is 2.14 bits per heavy atom. The van der Waals surface area contributed by atoms with Crippen LogP contribution in [0.25, 0.3) is 0 Å². The summed E-state index contributed by atoms with van der Waals surface area (Å²) in [7, 11) is 0. The number of rotatable bonds is 5. The third-order valence-electron chi connectivity index (χ3n) is 1.68. The first kappa shape index (κ1) is 16.1. The lowest BCUT2D eigenvalue weighted by Crippen LogP contribution is -2.26. The molecule has 2 heteroatoms. The third kappa shape index (κ3) is 11.6. The molecule has 0 aromatic rings. The monoisotopic (exact) mass is 201 g/mol. The van der Waals surface area contributed by atoms with Gasteiger partial charge in [0.05, 0.1) is 0 Å². The maximum absolute atomic E-state index is 11.4. The first-order valence-electron chi connectivity index (χ1n) is 5.06. The van der Waals surface area contributed by atoms with E-state index in [9.17, 15) is 4.79 Å². The van der Waals surface area contributed by atoms with Crippen LogP contribution in [-0.2, 0) is 4.79 Å². The second-order valence-corrected chi connectivity index (χ2v) is 5.13. The molecule has 0 aliphatic rings. The summed E-state index contributed by atoms with van der Waals surface area (Å²) in [6.45, 7) is 11.3. The van der Waals surface area contributed by atoms with Crippen LogP contribution in [0.15, 0.2) is 0 Å². The van der Waals surface area contributed by atoms with Gasteiger partial charge in [-0.2, -0.15) is 0 Å². The van der Waals surface area contributed by atoms with E-state index in [1.807, 2.05) is 0 Å². The Hall–Kier alpha value is -0.370. The second kappa shape index (κ2) is 6.99. The summed E-state index contributed by atoms with van der Waals surface area (Å²) in [5, 5.41) is 3.24. The SMILES string of the molecule is C.CC(C)NCCC(=O)CC(C)(C)C. The molecule has 14 heavy (non-hydrogen) atoms. The number of ketones is 1. The minimum atomic E-state index is 0. The third-order valence-corrected chi connectivity index (χ3v) is 1.68. The van der Waals surface area contributed by atoms with Crippen molar-refractivity contribution < 1.29 is 4.79 Å². The Balaban J connectivity index is 0. The average molecular weight is 201 g/mol. The maximum Gasteiger partial charge on any atom is 0.134 e. The molecule has 1 N–H and O–H groups in total. The highest BCUT2D eigenvalue weighted by atomic mass is 16.1. The average Bonchev–Trinajstić information content (AvgIpc) is 1.81. The zero-order valence-corrected chi connectivity index (χ0v) is 9.61. The molecule has 0 amide bonds. The number of hydrogen-bond donors (Lipinski definition) is 1. The van der Waals surface area contributed by atoms with Crippen LogP contribution >= 0.6 is 0 Å². The van der Waals surface area contributed by atoms with Crippen molar-refractivity contribution in [1.82, 2.24) is 5.32 Å². The van der Waals surface area contributed by atoms with E-state index in [2.05, 4.69) is 39.9 Å². The van der Waals surface area contributed by atoms with Crippen molar-refractivity contribution in [3.63, 3.8) is 0 Å². The van der Waals surface area contributed by atoms with Crippen LogP contribution in [-0.4, -0.2) is 18.4 Å². The van der Waals surface area contributed by atoms with Crippen LogP contribution in [0.4, 0.5) is 0 Å².